The molecular weight excluding hydrogens is 158 g/mol. The van der Waals surface area contributed by atoms with E-state index in [4.69, 9.17) is 0 Å². The van der Waals surface area contributed by atoms with E-state index in [2.05, 4.69) is 32.7 Å². The van der Waals surface area contributed by atoms with Crippen LogP contribution in [0.1, 0.15) is 52.9 Å². The second kappa shape index (κ2) is 8.55. The summed E-state index contributed by atoms with van der Waals surface area (Å²) in [5.41, 5.74) is 0. The Morgan fingerprint density at radius 1 is 1.15 bits per heavy atom. The molecular formula is C12H27N. The molecule has 0 aliphatic carbocycles. The highest BCUT2D eigenvalue weighted by Gasteiger charge is 2.13. The van der Waals surface area contributed by atoms with Crippen molar-refractivity contribution in [2.75, 3.05) is 20.1 Å². The summed E-state index contributed by atoms with van der Waals surface area (Å²) in [7, 11) is 2.18. The fourth-order valence-corrected chi connectivity index (χ4v) is 1.66. The maximum atomic E-state index is 2.38. The molecule has 0 bridgehead atoms. The van der Waals surface area contributed by atoms with Gasteiger partial charge in [0.2, 0.25) is 0 Å². The van der Waals surface area contributed by atoms with Gasteiger partial charge in [-0.15, -0.1) is 0 Å². The molecule has 0 saturated carbocycles. The van der Waals surface area contributed by atoms with Gasteiger partial charge >= 0.3 is 0 Å². The second-order valence-electron chi connectivity index (χ2n) is 4.36. The molecule has 0 aromatic carbocycles. The SMILES string of the molecule is CC1CCN(C)C1.CCCCCC. The van der Waals surface area contributed by atoms with E-state index in [1.165, 1.54) is 45.2 Å². The fourth-order valence-electron chi connectivity index (χ4n) is 1.66. The van der Waals surface area contributed by atoms with Crippen molar-refractivity contribution in [3.63, 3.8) is 0 Å². The molecule has 13 heavy (non-hydrogen) atoms. The van der Waals surface area contributed by atoms with Gasteiger partial charge in [0, 0.05) is 6.54 Å². The number of unbranched alkanes of at least 4 members (excludes halogenated alkanes) is 3. The summed E-state index contributed by atoms with van der Waals surface area (Å²) in [4.78, 5) is 2.38. The highest BCUT2D eigenvalue weighted by molar-refractivity contribution is 4.67. The van der Waals surface area contributed by atoms with Crippen LogP contribution in [-0.4, -0.2) is 25.0 Å². The molecule has 1 heterocycles. The van der Waals surface area contributed by atoms with Gasteiger partial charge in [-0.2, -0.15) is 0 Å². The van der Waals surface area contributed by atoms with Crippen molar-refractivity contribution in [1.82, 2.24) is 4.90 Å². The first-order valence-corrected chi connectivity index (χ1v) is 5.89. The van der Waals surface area contributed by atoms with E-state index in [1.54, 1.807) is 0 Å². The number of nitrogens with zero attached hydrogens (tertiary/aromatic N) is 1. The predicted molar refractivity (Wildman–Crippen MR) is 61.1 cm³/mol. The maximum absolute atomic E-state index is 2.38. The summed E-state index contributed by atoms with van der Waals surface area (Å²) in [6.07, 6.45) is 6.94. The van der Waals surface area contributed by atoms with Crippen molar-refractivity contribution in [3.05, 3.63) is 0 Å². The van der Waals surface area contributed by atoms with Crippen LogP contribution >= 0.6 is 0 Å². The quantitative estimate of drug-likeness (QED) is 0.608. The highest BCUT2D eigenvalue weighted by atomic mass is 15.1. The minimum absolute atomic E-state index is 0.949. The van der Waals surface area contributed by atoms with Crippen LogP contribution in [-0.2, 0) is 0 Å². The van der Waals surface area contributed by atoms with Crippen LogP contribution in [0.4, 0.5) is 0 Å². The molecule has 1 unspecified atom stereocenters. The lowest BCUT2D eigenvalue weighted by Crippen LogP contribution is -2.12. The molecule has 0 aromatic heterocycles. The molecule has 80 valence electrons. The lowest BCUT2D eigenvalue weighted by Gasteiger charge is -2.03. The number of hydrogen-bond acceptors (Lipinski definition) is 1. The average Bonchev–Trinajstić information content (AvgIpc) is 2.47. The lowest BCUT2D eigenvalue weighted by atomic mass is 10.2. The zero-order valence-corrected chi connectivity index (χ0v) is 9.97. The van der Waals surface area contributed by atoms with Crippen molar-refractivity contribution in [1.29, 1.82) is 0 Å². The normalized spacial score (nSPS) is 22.6. The molecule has 1 saturated heterocycles. The first-order chi connectivity index (χ1) is 6.20. The summed E-state index contributed by atoms with van der Waals surface area (Å²) < 4.78 is 0. The standard InChI is InChI=1S/C6H13N.C6H14/c1-6-3-4-7(2)5-6;1-3-5-6-4-2/h6H,3-5H2,1-2H3;3-6H2,1-2H3. The first-order valence-electron chi connectivity index (χ1n) is 5.89. The Morgan fingerprint density at radius 2 is 1.69 bits per heavy atom. The Kier molecular flexibility index (Phi) is 8.53. The van der Waals surface area contributed by atoms with Gasteiger partial charge in [-0.25, -0.2) is 0 Å². The second-order valence-corrected chi connectivity index (χ2v) is 4.36. The van der Waals surface area contributed by atoms with Crippen LogP contribution in [0.5, 0.6) is 0 Å². The third-order valence-electron chi connectivity index (χ3n) is 2.58. The molecule has 1 aliphatic rings. The van der Waals surface area contributed by atoms with Crippen molar-refractivity contribution in [2.24, 2.45) is 5.92 Å². The van der Waals surface area contributed by atoms with Gasteiger partial charge in [-0.1, -0.05) is 46.5 Å². The van der Waals surface area contributed by atoms with Gasteiger partial charge in [0.05, 0.1) is 0 Å². The number of likely N-dealkylation sites (tertiary alicyclic amines) is 1. The Bertz CT molecular complexity index is 89.3. The molecule has 1 atom stereocenters. The molecule has 0 spiro atoms. The fraction of sp³-hybridized carbons (Fsp3) is 1.00. The van der Waals surface area contributed by atoms with E-state index in [1.807, 2.05) is 0 Å². The van der Waals surface area contributed by atoms with Crippen LogP contribution in [0, 0.1) is 5.92 Å². The summed E-state index contributed by atoms with van der Waals surface area (Å²) in [5, 5.41) is 0. The summed E-state index contributed by atoms with van der Waals surface area (Å²) in [6.45, 7) is 9.38. The van der Waals surface area contributed by atoms with Gasteiger partial charge in [0.1, 0.15) is 0 Å². The van der Waals surface area contributed by atoms with E-state index < -0.39 is 0 Å². The summed E-state index contributed by atoms with van der Waals surface area (Å²) in [5.74, 6) is 0.949. The Hall–Kier alpha value is -0.0400. The lowest BCUT2D eigenvalue weighted by molar-refractivity contribution is 0.402. The smallest absolute Gasteiger partial charge is 0.000445 e. The van der Waals surface area contributed by atoms with Crippen LogP contribution in [0.2, 0.25) is 0 Å². The molecule has 1 nitrogen and oxygen atoms in total. The van der Waals surface area contributed by atoms with Crippen LogP contribution in [0.15, 0.2) is 0 Å². The largest absolute Gasteiger partial charge is 0.306 e. The third-order valence-corrected chi connectivity index (χ3v) is 2.58. The Labute approximate surface area is 84.5 Å². The van der Waals surface area contributed by atoms with Crippen molar-refractivity contribution >= 4 is 0 Å². The molecule has 1 heteroatoms. The van der Waals surface area contributed by atoms with Gasteiger partial charge in [0.25, 0.3) is 0 Å². The van der Waals surface area contributed by atoms with Crippen LogP contribution in [0.3, 0.4) is 0 Å². The molecule has 1 rings (SSSR count). The average molecular weight is 185 g/mol. The van der Waals surface area contributed by atoms with Crippen molar-refractivity contribution < 1.29 is 0 Å². The zero-order valence-electron chi connectivity index (χ0n) is 9.97. The molecule has 0 radical (unpaired) electrons. The van der Waals surface area contributed by atoms with Gasteiger partial charge in [0.15, 0.2) is 0 Å². The Balaban J connectivity index is 0.000000226. The van der Waals surface area contributed by atoms with E-state index in [9.17, 15) is 0 Å². The first kappa shape index (κ1) is 13.0. The summed E-state index contributed by atoms with van der Waals surface area (Å²) in [6, 6.07) is 0. The summed E-state index contributed by atoms with van der Waals surface area (Å²) >= 11 is 0. The molecule has 0 N–H and O–H groups in total. The van der Waals surface area contributed by atoms with E-state index in [0.29, 0.717) is 0 Å². The van der Waals surface area contributed by atoms with E-state index >= 15 is 0 Å². The molecule has 1 fully saturated rings. The van der Waals surface area contributed by atoms with E-state index in [-0.39, 0.29) is 0 Å². The topological polar surface area (TPSA) is 3.24 Å². The van der Waals surface area contributed by atoms with Crippen LogP contribution in [0.25, 0.3) is 0 Å². The maximum Gasteiger partial charge on any atom is 0.000445 e. The zero-order chi connectivity index (χ0) is 10.1. The van der Waals surface area contributed by atoms with Crippen molar-refractivity contribution in [2.45, 2.75) is 52.9 Å². The molecule has 1 aliphatic heterocycles. The highest BCUT2D eigenvalue weighted by Crippen LogP contribution is 2.11. The molecule has 0 amide bonds. The minimum Gasteiger partial charge on any atom is -0.306 e. The number of rotatable bonds is 3. The molecule has 0 aromatic rings. The Morgan fingerprint density at radius 3 is 1.85 bits per heavy atom. The van der Waals surface area contributed by atoms with Crippen LogP contribution < -0.4 is 0 Å². The predicted octanol–water partition coefficient (Wildman–Crippen LogP) is 3.54. The van der Waals surface area contributed by atoms with Gasteiger partial charge < -0.3 is 4.90 Å². The minimum atomic E-state index is 0.949. The monoisotopic (exact) mass is 185 g/mol. The van der Waals surface area contributed by atoms with Gasteiger partial charge in [-0.3, -0.25) is 0 Å². The third kappa shape index (κ3) is 8.29. The number of hydrogen-bond donors (Lipinski definition) is 0. The van der Waals surface area contributed by atoms with Crippen molar-refractivity contribution in [3.8, 4) is 0 Å². The van der Waals surface area contributed by atoms with Gasteiger partial charge in [-0.05, 0) is 25.9 Å². The van der Waals surface area contributed by atoms with E-state index in [0.717, 1.165) is 5.92 Å².